The van der Waals surface area contributed by atoms with E-state index in [4.69, 9.17) is 0 Å². The Morgan fingerprint density at radius 2 is 1.92 bits per heavy atom. The second-order valence-corrected chi connectivity index (χ2v) is 6.39. The van der Waals surface area contributed by atoms with E-state index in [0.717, 1.165) is 17.5 Å². The van der Waals surface area contributed by atoms with E-state index in [9.17, 15) is 18.4 Å². The summed E-state index contributed by atoms with van der Waals surface area (Å²) < 4.78 is 27.9. The average Bonchev–Trinajstić information content (AvgIpc) is 3.42. The number of hydrogen-bond donors (Lipinski definition) is 1. The molecule has 1 aliphatic rings. The van der Waals surface area contributed by atoms with Gasteiger partial charge >= 0.3 is 0 Å². The molecule has 0 saturated heterocycles. The molecule has 26 heavy (non-hydrogen) atoms. The maximum atomic E-state index is 13.5. The van der Waals surface area contributed by atoms with Crippen LogP contribution in [0.5, 0.6) is 0 Å². The zero-order valence-corrected chi connectivity index (χ0v) is 13.7. The van der Waals surface area contributed by atoms with Crippen molar-refractivity contribution in [2.24, 2.45) is 0 Å². The first-order valence-corrected chi connectivity index (χ1v) is 8.28. The number of benzene rings is 2. The number of fused-ring (bicyclic) bond motifs is 1. The summed E-state index contributed by atoms with van der Waals surface area (Å²) in [7, 11) is 0. The zero-order chi connectivity index (χ0) is 18.3. The lowest BCUT2D eigenvalue weighted by molar-refractivity contribution is -0.116. The first-order chi connectivity index (χ1) is 12.5. The van der Waals surface area contributed by atoms with Crippen molar-refractivity contribution in [1.29, 1.82) is 0 Å². The summed E-state index contributed by atoms with van der Waals surface area (Å²) in [4.78, 5) is 29.5. The first kappa shape index (κ1) is 16.4. The van der Waals surface area contributed by atoms with Gasteiger partial charge < -0.3 is 0 Å². The van der Waals surface area contributed by atoms with Crippen LogP contribution in [-0.2, 0) is 11.2 Å². The van der Waals surface area contributed by atoms with Crippen molar-refractivity contribution in [3.63, 3.8) is 0 Å². The highest BCUT2D eigenvalue weighted by molar-refractivity contribution is 5.86. The number of aromatic nitrogens is 2. The van der Waals surface area contributed by atoms with Gasteiger partial charge in [0.1, 0.15) is 17.5 Å². The number of carbonyl (C=O) groups is 1. The molecule has 0 bridgehead atoms. The Labute approximate surface area is 147 Å². The number of nitrogens with zero attached hydrogens (tertiary/aromatic N) is 2. The molecule has 0 spiro atoms. The Hall–Kier alpha value is -3.09. The van der Waals surface area contributed by atoms with Gasteiger partial charge in [0.05, 0.1) is 17.3 Å². The molecule has 132 valence electrons. The van der Waals surface area contributed by atoms with Crippen molar-refractivity contribution < 1.29 is 13.6 Å². The average molecular weight is 355 g/mol. The van der Waals surface area contributed by atoms with Crippen LogP contribution >= 0.6 is 0 Å². The summed E-state index contributed by atoms with van der Waals surface area (Å²) in [6, 6.07) is 9.46. The third-order valence-corrected chi connectivity index (χ3v) is 4.29. The van der Waals surface area contributed by atoms with Gasteiger partial charge in [-0.2, -0.15) is 0 Å². The minimum atomic E-state index is -0.473. The van der Waals surface area contributed by atoms with Gasteiger partial charge in [-0.25, -0.2) is 18.4 Å². The Morgan fingerprint density at radius 3 is 2.65 bits per heavy atom. The zero-order valence-electron chi connectivity index (χ0n) is 13.7. The van der Waals surface area contributed by atoms with Gasteiger partial charge in [0.15, 0.2) is 0 Å². The van der Waals surface area contributed by atoms with Gasteiger partial charge in [-0.05, 0) is 42.7 Å². The first-order valence-electron chi connectivity index (χ1n) is 8.28. The highest BCUT2D eigenvalue weighted by Crippen LogP contribution is 2.38. The van der Waals surface area contributed by atoms with Crippen molar-refractivity contribution in [2.75, 3.05) is 5.43 Å². The summed E-state index contributed by atoms with van der Waals surface area (Å²) in [6.45, 7) is 0. The summed E-state index contributed by atoms with van der Waals surface area (Å²) in [5, 5.41) is 0.224. The van der Waals surface area contributed by atoms with Gasteiger partial charge in [0.25, 0.3) is 5.56 Å². The molecular formula is C19H15F2N3O2. The van der Waals surface area contributed by atoms with E-state index in [2.05, 4.69) is 10.4 Å². The Bertz CT molecular complexity index is 1070. The van der Waals surface area contributed by atoms with Gasteiger partial charge in [0, 0.05) is 12.0 Å². The third kappa shape index (κ3) is 3.20. The van der Waals surface area contributed by atoms with Crippen LogP contribution in [0, 0.1) is 11.6 Å². The van der Waals surface area contributed by atoms with Crippen molar-refractivity contribution in [3.05, 3.63) is 75.8 Å². The van der Waals surface area contributed by atoms with E-state index < -0.39 is 23.1 Å². The van der Waals surface area contributed by atoms with Gasteiger partial charge in [0.2, 0.25) is 5.91 Å². The summed E-state index contributed by atoms with van der Waals surface area (Å²) in [5.41, 5.74) is 2.88. The fraction of sp³-hybridized carbons (Fsp3) is 0.211. The Morgan fingerprint density at radius 1 is 1.15 bits per heavy atom. The number of nitrogens with one attached hydrogen (secondary N) is 1. The van der Waals surface area contributed by atoms with Crippen LogP contribution in [0.4, 0.5) is 8.78 Å². The SMILES string of the molecule is O=C(Cc1cccc(F)c1)Nn1c(C2CC2)nc2cc(F)ccc2c1=O. The molecule has 2 aromatic carbocycles. The fourth-order valence-electron chi connectivity index (χ4n) is 2.90. The van der Waals surface area contributed by atoms with Crippen LogP contribution in [0.2, 0.25) is 0 Å². The molecule has 0 radical (unpaired) electrons. The monoisotopic (exact) mass is 355 g/mol. The number of hydrogen-bond acceptors (Lipinski definition) is 3. The lowest BCUT2D eigenvalue weighted by atomic mass is 10.1. The van der Waals surface area contributed by atoms with Crippen LogP contribution in [-0.4, -0.2) is 15.6 Å². The molecule has 0 unspecified atom stereocenters. The quantitative estimate of drug-likeness (QED) is 0.783. The van der Waals surface area contributed by atoms with Crippen molar-refractivity contribution in [3.8, 4) is 0 Å². The van der Waals surface area contributed by atoms with E-state index in [1.165, 1.54) is 36.4 Å². The number of rotatable bonds is 4. The highest BCUT2D eigenvalue weighted by atomic mass is 19.1. The summed E-state index contributed by atoms with van der Waals surface area (Å²) in [5.74, 6) is -0.882. The van der Waals surface area contributed by atoms with Crippen LogP contribution in [0.25, 0.3) is 10.9 Å². The normalized spacial score (nSPS) is 13.8. The maximum Gasteiger partial charge on any atom is 0.280 e. The predicted octanol–water partition coefficient (Wildman–Crippen LogP) is 2.86. The standard InChI is InChI=1S/C19H15F2N3O2/c20-13-3-1-2-11(8-13)9-17(25)23-24-18(12-4-5-12)22-16-10-14(21)6-7-15(16)19(24)26/h1-3,6-8,10,12H,4-5,9H2,(H,23,25). The lowest BCUT2D eigenvalue weighted by Gasteiger charge is -2.14. The number of carbonyl (C=O) groups excluding carboxylic acids is 1. The topological polar surface area (TPSA) is 64.0 Å². The maximum absolute atomic E-state index is 13.5. The van der Waals surface area contributed by atoms with E-state index in [1.54, 1.807) is 6.07 Å². The molecule has 1 aliphatic carbocycles. The van der Waals surface area contributed by atoms with Gasteiger partial charge in [-0.1, -0.05) is 12.1 Å². The molecule has 1 fully saturated rings. The molecule has 4 rings (SSSR count). The minimum Gasteiger partial charge on any atom is -0.273 e. The second-order valence-electron chi connectivity index (χ2n) is 6.39. The summed E-state index contributed by atoms with van der Waals surface area (Å²) >= 11 is 0. The Balaban J connectivity index is 1.70. The molecule has 1 N–H and O–H groups in total. The molecule has 0 aliphatic heterocycles. The predicted molar refractivity (Wildman–Crippen MR) is 92.4 cm³/mol. The lowest BCUT2D eigenvalue weighted by Crippen LogP contribution is -2.37. The molecule has 1 aromatic heterocycles. The van der Waals surface area contributed by atoms with Crippen molar-refractivity contribution in [2.45, 2.75) is 25.2 Å². The van der Waals surface area contributed by atoms with Crippen molar-refractivity contribution in [1.82, 2.24) is 9.66 Å². The molecular weight excluding hydrogens is 340 g/mol. The van der Waals surface area contributed by atoms with E-state index in [0.29, 0.717) is 11.4 Å². The van der Waals surface area contributed by atoms with E-state index in [1.807, 2.05) is 0 Å². The largest absolute Gasteiger partial charge is 0.280 e. The van der Waals surface area contributed by atoms with Crippen LogP contribution in [0.3, 0.4) is 0 Å². The second kappa shape index (κ2) is 6.33. The van der Waals surface area contributed by atoms with Gasteiger partial charge in [-0.3, -0.25) is 15.0 Å². The molecule has 3 aromatic rings. The molecule has 1 heterocycles. The molecule has 0 atom stereocenters. The molecule has 5 nitrogen and oxygen atoms in total. The van der Waals surface area contributed by atoms with Crippen LogP contribution < -0.4 is 11.0 Å². The summed E-state index contributed by atoms with van der Waals surface area (Å²) in [6.07, 6.45) is 1.63. The third-order valence-electron chi connectivity index (χ3n) is 4.29. The van der Waals surface area contributed by atoms with Crippen molar-refractivity contribution >= 4 is 16.8 Å². The van der Waals surface area contributed by atoms with Crippen LogP contribution in [0.15, 0.2) is 47.3 Å². The molecule has 1 amide bonds. The molecule has 7 heteroatoms. The minimum absolute atomic E-state index is 0.0600. The highest BCUT2D eigenvalue weighted by Gasteiger charge is 2.30. The smallest absolute Gasteiger partial charge is 0.273 e. The fourth-order valence-corrected chi connectivity index (χ4v) is 2.90. The Kier molecular flexibility index (Phi) is 3.99. The van der Waals surface area contributed by atoms with Crippen LogP contribution in [0.1, 0.15) is 30.1 Å². The van der Waals surface area contributed by atoms with Gasteiger partial charge in [-0.15, -0.1) is 0 Å². The van der Waals surface area contributed by atoms with E-state index >= 15 is 0 Å². The van der Waals surface area contributed by atoms with E-state index in [-0.39, 0.29) is 23.2 Å². The number of halogens is 2. The molecule has 1 saturated carbocycles. The number of amides is 1.